The normalized spacial score (nSPS) is 11.3. The standard InChI is InChI=1S/C23H16ClN3/c24-19-13-20(23-21(14-19)25-9-10-26-23)18-7-6-17-8-11-27(22(17)12-18)15-16-4-2-1-3-5-16/h1-14H,15H2. The van der Waals surface area contributed by atoms with Crippen LogP contribution in [-0.4, -0.2) is 14.5 Å². The first kappa shape index (κ1) is 16.0. The number of hydrogen-bond donors (Lipinski definition) is 0. The van der Waals surface area contributed by atoms with E-state index in [0.717, 1.165) is 28.7 Å². The first-order valence-electron chi connectivity index (χ1n) is 8.81. The number of nitrogens with zero attached hydrogens (tertiary/aromatic N) is 3. The molecular formula is C23H16ClN3. The minimum atomic E-state index is 0.665. The third-order valence-corrected chi connectivity index (χ3v) is 5.04. The molecule has 0 radical (unpaired) electrons. The van der Waals surface area contributed by atoms with E-state index in [1.807, 2.05) is 18.2 Å². The minimum Gasteiger partial charge on any atom is -0.343 e. The lowest BCUT2D eigenvalue weighted by Crippen LogP contribution is -1.97. The number of benzene rings is 3. The minimum absolute atomic E-state index is 0.665. The van der Waals surface area contributed by atoms with Crippen molar-refractivity contribution in [2.24, 2.45) is 0 Å². The summed E-state index contributed by atoms with van der Waals surface area (Å²) in [5.41, 5.74) is 6.22. The molecule has 0 saturated carbocycles. The van der Waals surface area contributed by atoms with E-state index < -0.39 is 0 Å². The predicted octanol–water partition coefficient (Wildman–Crippen LogP) is 5.95. The SMILES string of the molecule is Clc1cc(-c2ccc3ccn(Cc4ccccc4)c3c2)c2nccnc2c1. The van der Waals surface area contributed by atoms with Crippen LogP contribution in [0.5, 0.6) is 0 Å². The van der Waals surface area contributed by atoms with E-state index in [1.54, 1.807) is 12.4 Å². The number of aromatic nitrogens is 3. The molecule has 130 valence electrons. The summed E-state index contributed by atoms with van der Waals surface area (Å²) in [6, 6.07) is 22.9. The summed E-state index contributed by atoms with van der Waals surface area (Å²) >= 11 is 6.34. The van der Waals surface area contributed by atoms with Gasteiger partial charge in [0.05, 0.1) is 11.0 Å². The Bertz CT molecular complexity index is 1260. The Morgan fingerprint density at radius 3 is 2.59 bits per heavy atom. The molecular weight excluding hydrogens is 354 g/mol. The number of hydrogen-bond acceptors (Lipinski definition) is 2. The predicted molar refractivity (Wildman–Crippen MR) is 111 cm³/mol. The fourth-order valence-corrected chi connectivity index (χ4v) is 3.74. The molecule has 4 heteroatoms. The van der Waals surface area contributed by atoms with Gasteiger partial charge in [0.25, 0.3) is 0 Å². The Morgan fingerprint density at radius 1 is 0.852 bits per heavy atom. The molecule has 5 rings (SSSR count). The molecule has 0 aliphatic carbocycles. The average molecular weight is 370 g/mol. The maximum absolute atomic E-state index is 6.34. The van der Waals surface area contributed by atoms with Crippen LogP contribution in [0.15, 0.2) is 85.3 Å². The van der Waals surface area contributed by atoms with Gasteiger partial charge in [-0.25, -0.2) is 0 Å². The molecule has 3 nitrogen and oxygen atoms in total. The van der Waals surface area contributed by atoms with Crippen LogP contribution in [0.4, 0.5) is 0 Å². The van der Waals surface area contributed by atoms with Crippen LogP contribution >= 0.6 is 11.6 Å². The summed E-state index contributed by atoms with van der Waals surface area (Å²) in [4.78, 5) is 8.93. The second kappa shape index (κ2) is 6.53. The fourth-order valence-electron chi connectivity index (χ4n) is 3.53. The van der Waals surface area contributed by atoms with Gasteiger partial charge in [-0.15, -0.1) is 0 Å². The molecule has 0 amide bonds. The third kappa shape index (κ3) is 2.96. The van der Waals surface area contributed by atoms with Gasteiger partial charge in [0, 0.05) is 41.2 Å². The first-order chi connectivity index (χ1) is 13.3. The van der Waals surface area contributed by atoms with Crippen molar-refractivity contribution in [3.63, 3.8) is 0 Å². The monoisotopic (exact) mass is 369 g/mol. The average Bonchev–Trinajstić information content (AvgIpc) is 3.10. The van der Waals surface area contributed by atoms with Crippen LogP contribution in [0.25, 0.3) is 33.1 Å². The van der Waals surface area contributed by atoms with Crippen molar-refractivity contribution in [2.75, 3.05) is 0 Å². The zero-order chi connectivity index (χ0) is 18.2. The van der Waals surface area contributed by atoms with E-state index in [4.69, 9.17) is 11.6 Å². The molecule has 2 heterocycles. The molecule has 27 heavy (non-hydrogen) atoms. The highest BCUT2D eigenvalue weighted by molar-refractivity contribution is 6.31. The van der Waals surface area contributed by atoms with E-state index in [1.165, 1.54) is 16.5 Å². The lowest BCUT2D eigenvalue weighted by Gasteiger charge is -2.09. The van der Waals surface area contributed by atoms with Gasteiger partial charge in [-0.3, -0.25) is 9.97 Å². The lowest BCUT2D eigenvalue weighted by molar-refractivity contribution is 0.837. The van der Waals surface area contributed by atoms with Gasteiger partial charge < -0.3 is 4.57 Å². The molecule has 5 aromatic rings. The van der Waals surface area contributed by atoms with E-state index >= 15 is 0 Å². The zero-order valence-electron chi connectivity index (χ0n) is 14.5. The van der Waals surface area contributed by atoms with E-state index in [0.29, 0.717) is 5.02 Å². The van der Waals surface area contributed by atoms with Crippen molar-refractivity contribution in [1.82, 2.24) is 14.5 Å². The second-order valence-electron chi connectivity index (χ2n) is 6.58. The summed E-state index contributed by atoms with van der Waals surface area (Å²) in [6.07, 6.45) is 5.55. The molecule has 0 bridgehead atoms. The van der Waals surface area contributed by atoms with Gasteiger partial charge in [0.2, 0.25) is 0 Å². The number of halogens is 1. The molecule has 0 N–H and O–H groups in total. The van der Waals surface area contributed by atoms with E-state index in [2.05, 4.69) is 69.3 Å². The van der Waals surface area contributed by atoms with Crippen LogP contribution in [0, 0.1) is 0 Å². The Hall–Kier alpha value is -3.17. The Kier molecular flexibility index (Phi) is 3.88. The van der Waals surface area contributed by atoms with Crippen molar-refractivity contribution in [3.8, 4) is 11.1 Å². The zero-order valence-corrected chi connectivity index (χ0v) is 15.3. The summed E-state index contributed by atoms with van der Waals surface area (Å²) in [5, 5.41) is 1.88. The van der Waals surface area contributed by atoms with Gasteiger partial charge in [-0.2, -0.15) is 0 Å². The quantitative estimate of drug-likeness (QED) is 0.393. The molecule has 0 aliphatic rings. The van der Waals surface area contributed by atoms with Crippen molar-refractivity contribution >= 4 is 33.5 Å². The van der Waals surface area contributed by atoms with Gasteiger partial charge in [-0.1, -0.05) is 54.1 Å². The highest BCUT2D eigenvalue weighted by Gasteiger charge is 2.10. The van der Waals surface area contributed by atoms with Gasteiger partial charge in [0.15, 0.2) is 0 Å². The molecule has 0 spiro atoms. The molecule has 0 aliphatic heterocycles. The first-order valence-corrected chi connectivity index (χ1v) is 9.19. The van der Waals surface area contributed by atoms with Crippen molar-refractivity contribution in [1.29, 1.82) is 0 Å². The summed E-state index contributed by atoms with van der Waals surface area (Å²) in [7, 11) is 0. The van der Waals surface area contributed by atoms with Gasteiger partial charge >= 0.3 is 0 Å². The third-order valence-electron chi connectivity index (χ3n) is 4.82. The molecule has 2 aromatic heterocycles. The smallest absolute Gasteiger partial charge is 0.0966 e. The van der Waals surface area contributed by atoms with Crippen LogP contribution < -0.4 is 0 Å². The maximum atomic E-state index is 6.34. The summed E-state index contributed by atoms with van der Waals surface area (Å²) in [5.74, 6) is 0. The van der Waals surface area contributed by atoms with Crippen LogP contribution in [0.3, 0.4) is 0 Å². The summed E-state index contributed by atoms with van der Waals surface area (Å²) in [6.45, 7) is 0.837. The molecule has 3 aromatic carbocycles. The Balaban J connectivity index is 1.66. The second-order valence-corrected chi connectivity index (χ2v) is 7.02. The lowest BCUT2D eigenvalue weighted by atomic mass is 10.0. The topological polar surface area (TPSA) is 30.7 Å². The maximum Gasteiger partial charge on any atom is 0.0966 e. The van der Waals surface area contributed by atoms with Crippen molar-refractivity contribution < 1.29 is 0 Å². The molecule has 0 fully saturated rings. The molecule has 0 atom stereocenters. The molecule has 0 saturated heterocycles. The van der Waals surface area contributed by atoms with Gasteiger partial charge in [0.1, 0.15) is 0 Å². The van der Waals surface area contributed by atoms with Crippen LogP contribution in [-0.2, 0) is 6.54 Å². The van der Waals surface area contributed by atoms with Crippen LogP contribution in [0.1, 0.15) is 5.56 Å². The van der Waals surface area contributed by atoms with E-state index in [9.17, 15) is 0 Å². The fraction of sp³-hybridized carbons (Fsp3) is 0.0435. The number of fused-ring (bicyclic) bond motifs is 2. The summed E-state index contributed by atoms with van der Waals surface area (Å²) < 4.78 is 2.27. The highest BCUT2D eigenvalue weighted by atomic mass is 35.5. The Labute approximate surface area is 161 Å². The van der Waals surface area contributed by atoms with Crippen LogP contribution in [0.2, 0.25) is 5.02 Å². The van der Waals surface area contributed by atoms with E-state index in [-0.39, 0.29) is 0 Å². The number of rotatable bonds is 3. The Morgan fingerprint density at radius 2 is 1.70 bits per heavy atom. The largest absolute Gasteiger partial charge is 0.343 e. The highest BCUT2D eigenvalue weighted by Crippen LogP contribution is 2.32. The van der Waals surface area contributed by atoms with Crippen molar-refractivity contribution in [2.45, 2.75) is 6.54 Å². The van der Waals surface area contributed by atoms with Crippen molar-refractivity contribution in [3.05, 3.63) is 95.9 Å². The van der Waals surface area contributed by atoms with Gasteiger partial charge in [-0.05, 0) is 40.8 Å². The molecule has 0 unspecified atom stereocenters.